The minimum absolute atomic E-state index is 0.00872. The van der Waals surface area contributed by atoms with E-state index in [-0.39, 0.29) is 18.7 Å². The number of anilines is 1. The number of carboxylic acids is 1. The van der Waals surface area contributed by atoms with Crippen LogP contribution in [0.15, 0.2) is 48.5 Å². The van der Waals surface area contributed by atoms with Crippen LogP contribution in [0, 0.1) is 0 Å². The van der Waals surface area contributed by atoms with Crippen molar-refractivity contribution in [3.63, 3.8) is 0 Å². The fraction of sp³-hybridized carbons (Fsp3) is 0.118. The maximum atomic E-state index is 12.4. The van der Waals surface area contributed by atoms with Crippen molar-refractivity contribution in [2.24, 2.45) is 0 Å². The van der Waals surface area contributed by atoms with Gasteiger partial charge in [0.25, 0.3) is 0 Å². The highest BCUT2D eigenvalue weighted by molar-refractivity contribution is 6.10. The molecule has 3 rings (SSSR count). The van der Waals surface area contributed by atoms with Gasteiger partial charge >= 0.3 is 5.97 Å². The zero-order valence-corrected chi connectivity index (χ0v) is 12.2. The van der Waals surface area contributed by atoms with Gasteiger partial charge in [0.2, 0.25) is 5.95 Å². The molecule has 0 fully saturated rings. The van der Waals surface area contributed by atoms with Crippen LogP contribution in [0.25, 0.3) is 11.0 Å². The smallest absolute Gasteiger partial charge is 0.305 e. The Kier molecular flexibility index (Phi) is 4.05. The zero-order valence-electron chi connectivity index (χ0n) is 12.2. The minimum Gasteiger partial charge on any atom is -0.481 e. The average molecular weight is 309 g/mol. The third kappa shape index (κ3) is 3.37. The molecule has 0 saturated heterocycles. The number of imidazole rings is 1. The van der Waals surface area contributed by atoms with E-state index in [2.05, 4.69) is 15.3 Å². The number of carboxylic acid groups (broad SMARTS) is 1. The second kappa shape index (κ2) is 6.31. The summed E-state index contributed by atoms with van der Waals surface area (Å²) in [6, 6.07) is 14.3. The zero-order chi connectivity index (χ0) is 16.2. The van der Waals surface area contributed by atoms with E-state index in [1.807, 2.05) is 18.2 Å². The Morgan fingerprint density at radius 2 is 1.87 bits per heavy atom. The predicted octanol–water partition coefficient (Wildman–Crippen LogP) is 2.68. The number of aromatic nitrogens is 2. The quantitative estimate of drug-likeness (QED) is 0.608. The molecule has 3 N–H and O–H groups in total. The standard InChI is InChI=1S/C17H15N3O3/c21-15(22)8-9-18-17-19-13-7-6-12(10-14(13)20-17)16(23)11-4-2-1-3-5-11/h1-7,10H,8-9H2,(H,21,22)(H2,18,19,20). The Morgan fingerprint density at radius 3 is 2.61 bits per heavy atom. The largest absolute Gasteiger partial charge is 0.481 e. The number of carbonyl (C=O) groups excluding carboxylic acids is 1. The van der Waals surface area contributed by atoms with Crippen molar-refractivity contribution in [1.29, 1.82) is 0 Å². The summed E-state index contributed by atoms with van der Waals surface area (Å²) in [6.45, 7) is 0.283. The number of carbonyl (C=O) groups is 2. The van der Waals surface area contributed by atoms with Gasteiger partial charge in [-0.2, -0.15) is 0 Å². The first-order chi connectivity index (χ1) is 11.1. The molecule has 0 aliphatic rings. The predicted molar refractivity (Wildman–Crippen MR) is 86.7 cm³/mol. The number of hydrogen-bond acceptors (Lipinski definition) is 4. The summed E-state index contributed by atoms with van der Waals surface area (Å²) in [7, 11) is 0. The van der Waals surface area contributed by atoms with Crippen LogP contribution in [0.1, 0.15) is 22.3 Å². The Hall–Kier alpha value is -3.15. The molecule has 0 aliphatic heterocycles. The van der Waals surface area contributed by atoms with Gasteiger partial charge in [0.15, 0.2) is 5.78 Å². The summed E-state index contributed by atoms with van der Waals surface area (Å²) < 4.78 is 0. The van der Waals surface area contributed by atoms with Crippen molar-refractivity contribution in [2.75, 3.05) is 11.9 Å². The van der Waals surface area contributed by atoms with Crippen molar-refractivity contribution in [1.82, 2.24) is 9.97 Å². The van der Waals surface area contributed by atoms with E-state index in [1.54, 1.807) is 30.3 Å². The van der Waals surface area contributed by atoms with Crippen LogP contribution in [0.4, 0.5) is 5.95 Å². The van der Waals surface area contributed by atoms with E-state index < -0.39 is 5.97 Å². The molecule has 0 unspecified atom stereocenters. The lowest BCUT2D eigenvalue weighted by molar-refractivity contribution is -0.136. The van der Waals surface area contributed by atoms with Crippen molar-refractivity contribution in [2.45, 2.75) is 6.42 Å². The molecule has 3 aromatic rings. The Labute approximate surface area is 132 Å². The van der Waals surface area contributed by atoms with Crippen molar-refractivity contribution < 1.29 is 14.7 Å². The summed E-state index contributed by atoms with van der Waals surface area (Å²) in [5.41, 5.74) is 2.65. The molecule has 6 nitrogen and oxygen atoms in total. The van der Waals surface area contributed by atoms with Gasteiger partial charge in [-0.25, -0.2) is 4.98 Å². The van der Waals surface area contributed by atoms with Gasteiger partial charge in [-0.1, -0.05) is 30.3 Å². The summed E-state index contributed by atoms with van der Waals surface area (Å²) in [5.74, 6) is -0.433. The number of benzene rings is 2. The number of rotatable bonds is 6. The number of nitrogens with zero attached hydrogens (tertiary/aromatic N) is 1. The third-order valence-corrected chi connectivity index (χ3v) is 3.41. The van der Waals surface area contributed by atoms with Gasteiger partial charge in [-0.3, -0.25) is 9.59 Å². The molecule has 1 heterocycles. The SMILES string of the molecule is O=C(O)CCNc1nc2ccc(C(=O)c3ccccc3)cc2[nH]1. The van der Waals surface area contributed by atoms with Gasteiger partial charge in [-0.05, 0) is 18.2 Å². The number of aliphatic carboxylic acids is 1. The van der Waals surface area contributed by atoms with E-state index in [9.17, 15) is 9.59 Å². The fourth-order valence-electron chi connectivity index (χ4n) is 2.28. The number of nitrogens with one attached hydrogen (secondary N) is 2. The van der Waals surface area contributed by atoms with Crippen molar-refractivity contribution in [3.05, 3.63) is 59.7 Å². The highest BCUT2D eigenvalue weighted by Gasteiger charge is 2.11. The first-order valence-corrected chi connectivity index (χ1v) is 7.18. The number of hydrogen-bond donors (Lipinski definition) is 3. The normalized spacial score (nSPS) is 10.6. The van der Waals surface area contributed by atoms with Crippen LogP contribution in [0.3, 0.4) is 0 Å². The van der Waals surface area contributed by atoms with E-state index in [4.69, 9.17) is 5.11 Å². The molecule has 23 heavy (non-hydrogen) atoms. The first kappa shape index (κ1) is 14.8. The van der Waals surface area contributed by atoms with Crippen LogP contribution >= 0.6 is 0 Å². The Bertz CT molecular complexity index is 856. The van der Waals surface area contributed by atoms with Crippen LogP contribution in [-0.4, -0.2) is 33.4 Å². The fourth-order valence-corrected chi connectivity index (χ4v) is 2.28. The van der Waals surface area contributed by atoms with E-state index >= 15 is 0 Å². The van der Waals surface area contributed by atoms with Crippen LogP contribution < -0.4 is 5.32 Å². The van der Waals surface area contributed by atoms with E-state index in [0.717, 1.165) is 5.52 Å². The molecule has 0 amide bonds. The molecule has 116 valence electrons. The lowest BCUT2D eigenvalue weighted by Crippen LogP contribution is -2.08. The molecular weight excluding hydrogens is 294 g/mol. The lowest BCUT2D eigenvalue weighted by atomic mass is 10.0. The number of H-pyrrole nitrogens is 1. The molecule has 6 heteroatoms. The summed E-state index contributed by atoms with van der Waals surface area (Å²) in [5, 5.41) is 11.5. The lowest BCUT2D eigenvalue weighted by Gasteiger charge is -2.00. The second-order valence-electron chi connectivity index (χ2n) is 5.08. The molecule has 1 aromatic heterocycles. The minimum atomic E-state index is -0.871. The molecule has 0 radical (unpaired) electrons. The topological polar surface area (TPSA) is 95.1 Å². The van der Waals surface area contributed by atoms with Gasteiger partial charge in [-0.15, -0.1) is 0 Å². The Morgan fingerprint density at radius 1 is 1.09 bits per heavy atom. The van der Waals surface area contributed by atoms with Gasteiger partial charge in [0.1, 0.15) is 0 Å². The molecular formula is C17H15N3O3. The van der Waals surface area contributed by atoms with E-state index in [1.165, 1.54) is 0 Å². The molecule has 0 saturated carbocycles. The monoisotopic (exact) mass is 309 g/mol. The number of ketones is 1. The summed E-state index contributed by atoms with van der Waals surface area (Å²) in [4.78, 5) is 30.3. The highest BCUT2D eigenvalue weighted by atomic mass is 16.4. The highest BCUT2D eigenvalue weighted by Crippen LogP contribution is 2.18. The second-order valence-corrected chi connectivity index (χ2v) is 5.08. The van der Waals surface area contributed by atoms with Crippen LogP contribution in [0.2, 0.25) is 0 Å². The summed E-state index contributed by atoms with van der Waals surface area (Å²) >= 11 is 0. The molecule has 2 aromatic carbocycles. The van der Waals surface area contributed by atoms with Crippen molar-refractivity contribution in [3.8, 4) is 0 Å². The molecule has 0 spiro atoms. The van der Waals surface area contributed by atoms with E-state index in [0.29, 0.717) is 22.6 Å². The molecule has 0 bridgehead atoms. The molecule has 0 aliphatic carbocycles. The number of fused-ring (bicyclic) bond motifs is 1. The average Bonchev–Trinajstić information content (AvgIpc) is 2.96. The van der Waals surface area contributed by atoms with Crippen LogP contribution in [0.5, 0.6) is 0 Å². The maximum absolute atomic E-state index is 12.4. The van der Waals surface area contributed by atoms with Gasteiger partial charge in [0, 0.05) is 17.7 Å². The third-order valence-electron chi connectivity index (χ3n) is 3.41. The number of aromatic amines is 1. The van der Waals surface area contributed by atoms with Crippen LogP contribution in [-0.2, 0) is 4.79 Å². The maximum Gasteiger partial charge on any atom is 0.305 e. The molecule has 0 atom stereocenters. The van der Waals surface area contributed by atoms with Gasteiger partial charge in [0.05, 0.1) is 17.5 Å². The van der Waals surface area contributed by atoms with Crippen molar-refractivity contribution >= 4 is 28.7 Å². The Balaban J connectivity index is 1.82. The first-order valence-electron chi connectivity index (χ1n) is 7.18. The summed E-state index contributed by atoms with van der Waals surface area (Å²) in [6.07, 6.45) is 0.00872. The van der Waals surface area contributed by atoms with Gasteiger partial charge < -0.3 is 15.4 Å².